The number of aliphatic hydroxyl groups is 1. The van der Waals surface area contributed by atoms with Crippen molar-refractivity contribution in [2.75, 3.05) is 53.6 Å². The van der Waals surface area contributed by atoms with E-state index in [-0.39, 0.29) is 6.61 Å². The first-order valence-electron chi connectivity index (χ1n) is 9.80. The SMILES string of the molecule is COc1ccc(OC)c(CN2CCN(CC(O)COc3ccccc3Cl)CC2)c1. The van der Waals surface area contributed by atoms with Gasteiger partial charge < -0.3 is 19.3 Å². The fourth-order valence-corrected chi connectivity index (χ4v) is 3.67. The van der Waals surface area contributed by atoms with Crippen LogP contribution in [0.1, 0.15) is 5.56 Å². The van der Waals surface area contributed by atoms with E-state index in [0.717, 1.165) is 49.8 Å². The van der Waals surface area contributed by atoms with E-state index in [1.165, 1.54) is 0 Å². The fourth-order valence-electron chi connectivity index (χ4n) is 3.47. The molecule has 1 fully saturated rings. The minimum atomic E-state index is -0.559. The van der Waals surface area contributed by atoms with Gasteiger partial charge in [0.25, 0.3) is 0 Å². The molecule has 0 saturated carbocycles. The molecule has 0 amide bonds. The van der Waals surface area contributed by atoms with E-state index in [0.29, 0.717) is 17.3 Å². The van der Waals surface area contributed by atoms with E-state index < -0.39 is 6.10 Å². The second-order valence-corrected chi connectivity index (χ2v) is 7.56. The average molecular weight is 421 g/mol. The standard InChI is InChI=1S/C22H29ClN2O4/c1-27-19-7-8-21(28-2)17(13-19)14-24-9-11-25(12-10-24)15-18(26)16-29-22-6-4-3-5-20(22)23/h3-8,13,18,26H,9-12,14-16H2,1-2H3. The zero-order valence-corrected chi connectivity index (χ0v) is 17.8. The first-order valence-corrected chi connectivity index (χ1v) is 10.2. The summed E-state index contributed by atoms with van der Waals surface area (Å²) in [6, 6.07) is 13.2. The number of methoxy groups -OCH3 is 2. The molecule has 1 aliphatic heterocycles. The highest BCUT2D eigenvalue weighted by Crippen LogP contribution is 2.26. The maximum atomic E-state index is 10.3. The van der Waals surface area contributed by atoms with Gasteiger partial charge in [0.05, 0.1) is 19.2 Å². The van der Waals surface area contributed by atoms with E-state index in [9.17, 15) is 5.11 Å². The lowest BCUT2D eigenvalue weighted by molar-refractivity contribution is 0.0445. The topological polar surface area (TPSA) is 54.4 Å². The Kier molecular flexibility index (Phi) is 8.00. The van der Waals surface area contributed by atoms with Crippen molar-refractivity contribution in [2.45, 2.75) is 12.6 Å². The largest absolute Gasteiger partial charge is 0.497 e. The summed E-state index contributed by atoms with van der Waals surface area (Å²) in [5.41, 5.74) is 1.12. The van der Waals surface area contributed by atoms with Crippen LogP contribution in [0.2, 0.25) is 5.02 Å². The third-order valence-corrected chi connectivity index (χ3v) is 5.40. The summed E-state index contributed by atoms with van der Waals surface area (Å²) >= 11 is 6.08. The Morgan fingerprint density at radius 2 is 1.69 bits per heavy atom. The first-order chi connectivity index (χ1) is 14.1. The molecule has 1 atom stereocenters. The number of piperazine rings is 1. The van der Waals surface area contributed by atoms with E-state index in [1.807, 2.05) is 30.3 Å². The van der Waals surface area contributed by atoms with E-state index in [4.69, 9.17) is 25.8 Å². The first kappa shape index (κ1) is 21.7. The number of para-hydroxylation sites is 1. The number of aliphatic hydroxyl groups excluding tert-OH is 1. The molecule has 158 valence electrons. The van der Waals surface area contributed by atoms with Crippen LogP contribution in [0.4, 0.5) is 0 Å². The normalized spacial score (nSPS) is 16.4. The van der Waals surface area contributed by atoms with Gasteiger partial charge in [-0.25, -0.2) is 0 Å². The predicted octanol–water partition coefficient (Wildman–Crippen LogP) is 2.91. The number of β-amino-alcohol motifs (C(OH)–C–C–N with tert-alkyl or cyclic N) is 1. The van der Waals surface area contributed by atoms with Crippen LogP contribution in [0.5, 0.6) is 17.2 Å². The molecule has 1 N–H and O–H groups in total. The average Bonchev–Trinajstić information content (AvgIpc) is 2.74. The van der Waals surface area contributed by atoms with Crippen LogP contribution < -0.4 is 14.2 Å². The summed E-state index contributed by atoms with van der Waals surface area (Å²) in [4.78, 5) is 4.65. The van der Waals surface area contributed by atoms with Gasteiger partial charge in [-0.15, -0.1) is 0 Å². The van der Waals surface area contributed by atoms with Gasteiger partial charge in [-0.05, 0) is 30.3 Å². The van der Waals surface area contributed by atoms with Crippen molar-refractivity contribution >= 4 is 11.6 Å². The molecule has 2 aromatic rings. The Bertz CT molecular complexity index is 781. The molecule has 1 saturated heterocycles. The number of halogens is 1. The molecular weight excluding hydrogens is 392 g/mol. The Morgan fingerprint density at radius 3 is 2.38 bits per heavy atom. The lowest BCUT2D eigenvalue weighted by Crippen LogP contribution is -2.48. The van der Waals surface area contributed by atoms with Crippen LogP contribution in [0.15, 0.2) is 42.5 Å². The Hall–Kier alpha value is -1.99. The Labute approximate surface area is 177 Å². The molecule has 6 nitrogen and oxygen atoms in total. The van der Waals surface area contributed by atoms with Gasteiger partial charge in [-0.2, -0.15) is 0 Å². The zero-order chi connectivity index (χ0) is 20.6. The van der Waals surface area contributed by atoms with Gasteiger partial charge in [0, 0.05) is 44.8 Å². The van der Waals surface area contributed by atoms with Crippen LogP contribution in [0, 0.1) is 0 Å². The van der Waals surface area contributed by atoms with Crippen LogP contribution in [-0.2, 0) is 6.54 Å². The minimum Gasteiger partial charge on any atom is -0.497 e. The van der Waals surface area contributed by atoms with Crippen molar-refractivity contribution in [2.24, 2.45) is 0 Å². The van der Waals surface area contributed by atoms with E-state index >= 15 is 0 Å². The molecule has 0 spiro atoms. The summed E-state index contributed by atoms with van der Waals surface area (Å²) in [6.45, 7) is 5.28. The van der Waals surface area contributed by atoms with Gasteiger partial charge in [0.15, 0.2) is 0 Å². The lowest BCUT2D eigenvalue weighted by atomic mass is 10.1. The fraction of sp³-hybridized carbons (Fsp3) is 0.455. The van der Waals surface area contributed by atoms with Crippen molar-refractivity contribution in [3.63, 3.8) is 0 Å². The molecule has 0 aliphatic carbocycles. The Morgan fingerprint density at radius 1 is 0.966 bits per heavy atom. The van der Waals surface area contributed by atoms with Crippen LogP contribution in [0.3, 0.4) is 0 Å². The highest BCUT2D eigenvalue weighted by molar-refractivity contribution is 6.32. The molecule has 29 heavy (non-hydrogen) atoms. The predicted molar refractivity (Wildman–Crippen MR) is 114 cm³/mol. The van der Waals surface area contributed by atoms with Crippen molar-refractivity contribution in [3.8, 4) is 17.2 Å². The number of benzene rings is 2. The molecule has 0 radical (unpaired) electrons. The summed E-state index contributed by atoms with van der Waals surface area (Å²) in [5, 5.41) is 10.9. The zero-order valence-electron chi connectivity index (χ0n) is 17.0. The molecule has 2 aromatic carbocycles. The third-order valence-electron chi connectivity index (χ3n) is 5.08. The van der Waals surface area contributed by atoms with E-state index in [1.54, 1.807) is 26.4 Å². The smallest absolute Gasteiger partial charge is 0.138 e. The molecule has 0 bridgehead atoms. The van der Waals surface area contributed by atoms with E-state index in [2.05, 4.69) is 9.80 Å². The summed E-state index contributed by atoms with van der Waals surface area (Å²) in [6.07, 6.45) is -0.559. The molecule has 1 aliphatic rings. The van der Waals surface area contributed by atoms with Crippen LogP contribution in [0.25, 0.3) is 0 Å². The lowest BCUT2D eigenvalue weighted by Gasteiger charge is -2.35. The molecular formula is C22H29ClN2O4. The monoisotopic (exact) mass is 420 g/mol. The quantitative estimate of drug-likeness (QED) is 0.673. The maximum Gasteiger partial charge on any atom is 0.138 e. The number of nitrogens with zero attached hydrogens (tertiary/aromatic N) is 2. The summed E-state index contributed by atoms with van der Waals surface area (Å²) in [5.74, 6) is 2.31. The number of ether oxygens (including phenoxy) is 3. The van der Waals surface area contributed by atoms with Gasteiger partial charge in [0.2, 0.25) is 0 Å². The second-order valence-electron chi connectivity index (χ2n) is 7.15. The van der Waals surface area contributed by atoms with Gasteiger partial charge in [-0.3, -0.25) is 9.80 Å². The Balaban J connectivity index is 1.44. The number of hydrogen-bond acceptors (Lipinski definition) is 6. The summed E-state index contributed by atoms with van der Waals surface area (Å²) in [7, 11) is 3.36. The highest BCUT2D eigenvalue weighted by Gasteiger charge is 2.21. The van der Waals surface area contributed by atoms with Crippen molar-refractivity contribution < 1.29 is 19.3 Å². The summed E-state index contributed by atoms with van der Waals surface area (Å²) < 4.78 is 16.5. The van der Waals surface area contributed by atoms with Crippen molar-refractivity contribution in [1.82, 2.24) is 9.80 Å². The van der Waals surface area contributed by atoms with Gasteiger partial charge in [-0.1, -0.05) is 23.7 Å². The minimum absolute atomic E-state index is 0.227. The third kappa shape index (κ3) is 6.24. The molecule has 0 aromatic heterocycles. The van der Waals surface area contributed by atoms with Crippen LogP contribution >= 0.6 is 11.6 Å². The van der Waals surface area contributed by atoms with Crippen molar-refractivity contribution in [1.29, 1.82) is 0 Å². The number of rotatable bonds is 9. The molecule has 7 heteroatoms. The van der Waals surface area contributed by atoms with Gasteiger partial charge in [0.1, 0.15) is 30.0 Å². The number of hydrogen-bond donors (Lipinski definition) is 1. The second kappa shape index (κ2) is 10.7. The van der Waals surface area contributed by atoms with Crippen molar-refractivity contribution in [3.05, 3.63) is 53.1 Å². The molecule has 3 rings (SSSR count). The molecule has 1 heterocycles. The highest BCUT2D eigenvalue weighted by atomic mass is 35.5. The van der Waals surface area contributed by atoms with Crippen LogP contribution in [-0.4, -0.2) is 74.6 Å². The molecule has 1 unspecified atom stereocenters. The van der Waals surface area contributed by atoms with Gasteiger partial charge >= 0.3 is 0 Å². The maximum absolute atomic E-state index is 10.3.